The second-order valence-corrected chi connectivity index (χ2v) is 7.49. The molecule has 1 saturated carbocycles. The third-order valence-electron chi connectivity index (χ3n) is 5.55. The van der Waals surface area contributed by atoms with Gasteiger partial charge < -0.3 is 0 Å². The Kier molecular flexibility index (Phi) is 4.63. The van der Waals surface area contributed by atoms with Crippen molar-refractivity contribution in [2.24, 2.45) is 5.92 Å². The van der Waals surface area contributed by atoms with Crippen LogP contribution in [-0.4, -0.2) is 0 Å². The predicted octanol–water partition coefficient (Wildman–Crippen LogP) is 6.98. The highest BCUT2D eigenvalue weighted by molar-refractivity contribution is 5.74. The largest absolute Gasteiger partial charge is 0.206 e. The van der Waals surface area contributed by atoms with E-state index in [0.717, 1.165) is 35.4 Å². The minimum atomic E-state index is -0.114. The van der Waals surface area contributed by atoms with Crippen molar-refractivity contribution in [3.8, 4) is 22.3 Å². The fourth-order valence-electron chi connectivity index (χ4n) is 3.62. The molecule has 0 nitrogen and oxygen atoms in total. The van der Waals surface area contributed by atoms with Crippen LogP contribution >= 0.6 is 0 Å². The molecule has 0 unspecified atom stereocenters. The second kappa shape index (κ2) is 7.07. The molecule has 0 amide bonds. The Bertz CT molecular complexity index is 900. The zero-order valence-electron chi connectivity index (χ0n) is 15.6. The van der Waals surface area contributed by atoms with Gasteiger partial charge in [-0.3, -0.25) is 0 Å². The van der Waals surface area contributed by atoms with Gasteiger partial charge >= 0.3 is 0 Å². The van der Waals surface area contributed by atoms with E-state index in [1.807, 2.05) is 19.1 Å². The third-order valence-corrected chi connectivity index (χ3v) is 5.55. The van der Waals surface area contributed by atoms with Crippen LogP contribution in [0.1, 0.15) is 36.5 Å². The van der Waals surface area contributed by atoms with Crippen molar-refractivity contribution in [2.45, 2.75) is 39.5 Å². The second-order valence-electron chi connectivity index (χ2n) is 7.49. The van der Waals surface area contributed by atoms with E-state index in [9.17, 15) is 0 Å². The van der Waals surface area contributed by atoms with Gasteiger partial charge in [-0.2, -0.15) is 0 Å². The average molecular weight is 344 g/mol. The molecular weight excluding hydrogens is 319 g/mol. The van der Waals surface area contributed by atoms with E-state index in [1.54, 1.807) is 0 Å². The Morgan fingerprint density at radius 2 is 1.31 bits per heavy atom. The maximum atomic E-state index is 15.1. The van der Waals surface area contributed by atoms with Gasteiger partial charge in [-0.1, -0.05) is 67.6 Å². The number of hydrogen-bond acceptors (Lipinski definition) is 0. The van der Waals surface area contributed by atoms with E-state index < -0.39 is 0 Å². The molecule has 0 spiro atoms. The molecule has 4 rings (SSSR count). The van der Waals surface area contributed by atoms with Crippen LogP contribution in [0.5, 0.6) is 0 Å². The summed E-state index contributed by atoms with van der Waals surface area (Å²) in [5.74, 6) is 0.759. The first-order valence-electron chi connectivity index (χ1n) is 9.63. The molecule has 1 heteroatoms. The van der Waals surface area contributed by atoms with Gasteiger partial charge in [0.2, 0.25) is 0 Å². The molecule has 0 radical (unpaired) electrons. The Morgan fingerprint density at radius 1 is 0.769 bits per heavy atom. The molecule has 1 aliphatic carbocycles. The zero-order chi connectivity index (χ0) is 18.1. The van der Waals surface area contributed by atoms with E-state index >= 15 is 4.39 Å². The molecule has 26 heavy (non-hydrogen) atoms. The van der Waals surface area contributed by atoms with E-state index in [1.165, 1.54) is 24.0 Å². The Labute approximate surface area is 155 Å². The van der Waals surface area contributed by atoms with Gasteiger partial charge in [-0.15, -0.1) is 0 Å². The Balaban J connectivity index is 1.64. The van der Waals surface area contributed by atoms with Crippen molar-refractivity contribution in [3.63, 3.8) is 0 Å². The molecule has 0 N–H and O–H groups in total. The first-order valence-corrected chi connectivity index (χ1v) is 9.63. The lowest BCUT2D eigenvalue weighted by Crippen LogP contribution is -1.94. The molecule has 0 aliphatic heterocycles. The van der Waals surface area contributed by atoms with Crippen LogP contribution < -0.4 is 0 Å². The summed E-state index contributed by atoms with van der Waals surface area (Å²) < 4.78 is 15.1. The molecule has 1 aliphatic rings. The smallest absolute Gasteiger partial charge is 0.134 e. The molecule has 0 bridgehead atoms. The average Bonchev–Trinajstić information content (AvgIpc) is 3.49. The summed E-state index contributed by atoms with van der Waals surface area (Å²) in [4.78, 5) is 0. The monoisotopic (exact) mass is 344 g/mol. The van der Waals surface area contributed by atoms with Gasteiger partial charge in [0.15, 0.2) is 0 Å². The lowest BCUT2D eigenvalue weighted by molar-refractivity contribution is 0.623. The summed E-state index contributed by atoms with van der Waals surface area (Å²) in [6, 6.07) is 20.8. The summed E-state index contributed by atoms with van der Waals surface area (Å²) >= 11 is 0. The highest BCUT2D eigenvalue weighted by Crippen LogP contribution is 2.34. The minimum Gasteiger partial charge on any atom is -0.206 e. The zero-order valence-corrected chi connectivity index (χ0v) is 15.6. The lowest BCUT2D eigenvalue weighted by atomic mass is 9.93. The molecule has 0 saturated heterocycles. The molecule has 0 aromatic heterocycles. The van der Waals surface area contributed by atoms with Crippen LogP contribution in [0.15, 0.2) is 60.7 Å². The first kappa shape index (κ1) is 17.0. The fourth-order valence-corrected chi connectivity index (χ4v) is 3.62. The van der Waals surface area contributed by atoms with Gasteiger partial charge in [-0.05, 0) is 71.9 Å². The van der Waals surface area contributed by atoms with Gasteiger partial charge in [0.25, 0.3) is 0 Å². The molecule has 1 fully saturated rings. The van der Waals surface area contributed by atoms with Gasteiger partial charge in [0.05, 0.1) is 0 Å². The number of hydrogen-bond donors (Lipinski definition) is 0. The molecule has 3 aromatic carbocycles. The third kappa shape index (κ3) is 3.44. The van der Waals surface area contributed by atoms with Gasteiger partial charge in [0, 0.05) is 5.56 Å². The van der Waals surface area contributed by atoms with Crippen molar-refractivity contribution in [1.82, 2.24) is 0 Å². The van der Waals surface area contributed by atoms with Crippen LogP contribution in [0.2, 0.25) is 0 Å². The van der Waals surface area contributed by atoms with E-state index in [0.29, 0.717) is 11.1 Å². The van der Waals surface area contributed by atoms with E-state index in [2.05, 4.69) is 55.5 Å². The summed E-state index contributed by atoms with van der Waals surface area (Å²) in [5, 5.41) is 0. The molecule has 132 valence electrons. The van der Waals surface area contributed by atoms with Crippen LogP contribution in [0.3, 0.4) is 0 Å². The molecule has 3 aromatic rings. The van der Waals surface area contributed by atoms with Gasteiger partial charge in [-0.25, -0.2) is 4.39 Å². The summed E-state index contributed by atoms with van der Waals surface area (Å²) in [6.07, 6.45) is 4.89. The molecule has 0 heterocycles. The van der Waals surface area contributed by atoms with E-state index in [4.69, 9.17) is 0 Å². The summed E-state index contributed by atoms with van der Waals surface area (Å²) in [6.45, 7) is 4.02. The maximum Gasteiger partial charge on any atom is 0.134 e. The van der Waals surface area contributed by atoms with Crippen LogP contribution in [0, 0.1) is 18.7 Å². The van der Waals surface area contributed by atoms with Crippen LogP contribution in [0.25, 0.3) is 22.3 Å². The number of benzene rings is 3. The standard InChI is InChI=1S/C25H25F/c1-3-18-6-10-21(11-7-18)23-14-15-24(25(26)17(23)2)22-12-8-20(9-13-22)16-19-4-5-19/h6-15,19H,3-5,16H2,1-2H3. The number of rotatable bonds is 5. The van der Waals surface area contributed by atoms with Crippen molar-refractivity contribution in [1.29, 1.82) is 0 Å². The molecular formula is C25H25F. The van der Waals surface area contributed by atoms with Crippen molar-refractivity contribution < 1.29 is 4.39 Å². The van der Waals surface area contributed by atoms with Crippen molar-refractivity contribution in [2.75, 3.05) is 0 Å². The lowest BCUT2D eigenvalue weighted by Gasteiger charge is -2.12. The van der Waals surface area contributed by atoms with Crippen LogP contribution in [-0.2, 0) is 12.8 Å². The van der Waals surface area contributed by atoms with Crippen molar-refractivity contribution in [3.05, 3.63) is 83.2 Å². The highest BCUT2D eigenvalue weighted by Gasteiger charge is 2.21. The van der Waals surface area contributed by atoms with Crippen molar-refractivity contribution >= 4 is 0 Å². The summed E-state index contributed by atoms with van der Waals surface area (Å²) in [5.41, 5.74) is 7.07. The van der Waals surface area contributed by atoms with E-state index in [-0.39, 0.29) is 5.82 Å². The summed E-state index contributed by atoms with van der Waals surface area (Å²) in [7, 11) is 0. The molecule has 0 atom stereocenters. The maximum absolute atomic E-state index is 15.1. The first-order chi connectivity index (χ1) is 12.7. The highest BCUT2D eigenvalue weighted by atomic mass is 19.1. The van der Waals surface area contributed by atoms with Gasteiger partial charge in [0.1, 0.15) is 5.82 Å². The van der Waals surface area contributed by atoms with Crippen LogP contribution in [0.4, 0.5) is 4.39 Å². The minimum absolute atomic E-state index is 0.114. The Hall–Kier alpha value is -2.41. The topological polar surface area (TPSA) is 0 Å². The number of halogens is 1. The SMILES string of the molecule is CCc1ccc(-c2ccc(-c3ccc(CC4CC4)cc3)c(F)c2C)cc1. The normalized spacial score (nSPS) is 13.8. The Morgan fingerprint density at radius 3 is 1.88 bits per heavy atom. The number of aryl methyl sites for hydroxylation is 1. The predicted molar refractivity (Wildman–Crippen MR) is 108 cm³/mol. The quantitative estimate of drug-likeness (QED) is 0.468. The fraction of sp³-hybridized carbons (Fsp3) is 0.280.